The third-order valence-corrected chi connectivity index (χ3v) is 5.16. The summed E-state index contributed by atoms with van der Waals surface area (Å²) in [5.74, 6) is 0.508. The van der Waals surface area contributed by atoms with E-state index in [9.17, 15) is 14.0 Å². The number of hydrogen-bond acceptors (Lipinski definition) is 4. The number of rotatable bonds is 2. The van der Waals surface area contributed by atoms with Crippen molar-refractivity contribution in [3.05, 3.63) is 35.5 Å². The number of halogens is 1. The summed E-state index contributed by atoms with van der Waals surface area (Å²) < 4.78 is 36.3. The summed E-state index contributed by atoms with van der Waals surface area (Å²) in [6, 6.07) is 7.77. The van der Waals surface area contributed by atoms with Gasteiger partial charge < -0.3 is 4.98 Å². The first kappa shape index (κ1) is 12.2. The summed E-state index contributed by atoms with van der Waals surface area (Å²) in [6.45, 7) is 0. The van der Waals surface area contributed by atoms with Crippen LogP contribution < -0.4 is 14.0 Å². The van der Waals surface area contributed by atoms with Gasteiger partial charge in [-0.15, -0.1) is 0 Å². The maximum absolute atomic E-state index is 10.6. The van der Waals surface area contributed by atoms with Gasteiger partial charge in [0.05, 0.1) is 10.2 Å². The fourth-order valence-corrected chi connectivity index (χ4v) is 4.34. The third kappa shape index (κ3) is 2.31. The molecule has 1 aromatic carbocycles. The molecule has 1 aromatic heterocycles. The van der Waals surface area contributed by atoms with Gasteiger partial charge in [0.1, 0.15) is 14.5 Å². The van der Waals surface area contributed by atoms with Gasteiger partial charge in [-0.25, -0.2) is 0 Å². The van der Waals surface area contributed by atoms with E-state index in [4.69, 9.17) is 0 Å². The Bertz CT molecular complexity index is 631. The van der Waals surface area contributed by atoms with Crippen LogP contribution in [0.3, 0.4) is 0 Å². The fourth-order valence-electron chi connectivity index (χ4n) is 2.09. The Hall–Kier alpha value is -0.890. The average molecular weight is 288 g/mol. The normalized spacial score (nSPS) is 19.6. The molecule has 0 bridgehead atoms. The molecule has 3 rings (SSSR count). The second-order valence-electron chi connectivity index (χ2n) is 3.96. The quantitative estimate of drug-likeness (QED) is 0.715. The number of aryl methyl sites for hydroxylation is 1. The molecule has 0 saturated heterocycles. The van der Waals surface area contributed by atoms with Crippen molar-refractivity contribution in [3.63, 3.8) is 0 Å². The van der Waals surface area contributed by atoms with Crippen LogP contribution in [0.1, 0.15) is 11.3 Å². The zero-order valence-electron chi connectivity index (χ0n) is 9.22. The van der Waals surface area contributed by atoms with Crippen molar-refractivity contribution in [2.45, 2.75) is 6.42 Å². The highest BCUT2D eigenvalue weighted by Gasteiger charge is 2.26. The van der Waals surface area contributed by atoms with E-state index in [1.54, 1.807) is 5.37 Å². The second kappa shape index (κ2) is 4.34. The smallest absolute Gasteiger partial charge is 0.136 e. The van der Waals surface area contributed by atoms with E-state index in [0.717, 1.165) is 22.2 Å². The predicted octanol–water partition coefficient (Wildman–Crippen LogP) is -1.03. The number of aromatic nitrogens is 1. The lowest BCUT2D eigenvalue weighted by molar-refractivity contribution is -1.91. The summed E-state index contributed by atoms with van der Waals surface area (Å²) in [6.07, 6.45) is 0.675. The molecule has 0 radical (unpaired) electrons. The number of fused-ring (bicyclic) bond motifs is 3. The monoisotopic (exact) mass is 287 g/mol. The first-order chi connectivity index (χ1) is 8.53. The van der Waals surface area contributed by atoms with Crippen LogP contribution in [0, 0.1) is 10.2 Å². The minimum absolute atomic E-state index is 0.508. The van der Waals surface area contributed by atoms with Gasteiger partial charge in [-0.1, -0.05) is 18.2 Å². The van der Waals surface area contributed by atoms with E-state index in [0.29, 0.717) is 12.2 Å². The SMILES string of the molecule is [O-][Cl+3]([O-])([O-])OS1=Cc2c([nH]c3ccccc23)CC1. The van der Waals surface area contributed by atoms with Crippen LogP contribution in [-0.2, 0) is 10.2 Å². The van der Waals surface area contributed by atoms with Gasteiger partial charge in [-0.05, 0) is 12.5 Å². The lowest BCUT2D eigenvalue weighted by Gasteiger charge is -2.16. The molecule has 1 atom stereocenters. The Morgan fingerprint density at radius 1 is 1.22 bits per heavy atom. The van der Waals surface area contributed by atoms with E-state index in [1.807, 2.05) is 24.3 Å². The first-order valence-electron chi connectivity index (χ1n) is 5.28. The summed E-state index contributed by atoms with van der Waals surface area (Å²) in [5.41, 5.74) is 3.01. The molecule has 0 amide bonds. The minimum Gasteiger partial charge on any atom is -0.358 e. The van der Waals surface area contributed by atoms with Crippen molar-refractivity contribution in [1.29, 1.82) is 0 Å². The van der Waals surface area contributed by atoms with Crippen molar-refractivity contribution in [3.8, 4) is 0 Å². The van der Waals surface area contributed by atoms with E-state index in [-0.39, 0.29) is 0 Å². The van der Waals surface area contributed by atoms with E-state index >= 15 is 0 Å². The maximum atomic E-state index is 10.6. The molecule has 7 heteroatoms. The summed E-state index contributed by atoms with van der Waals surface area (Å²) in [4.78, 5) is 3.29. The average Bonchev–Trinajstić information content (AvgIpc) is 2.65. The van der Waals surface area contributed by atoms with Crippen molar-refractivity contribution in [2.75, 3.05) is 5.75 Å². The zero-order chi connectivity index (χ0) is 12.8. The number of hydrogen-bond donors (Lipinski definition) is 1. The number of H-pyrrole nitrogens is 1. The van der Waals surface area contributed by atoms with Crippen molar-refractivity contribution in [1.82, 2.24) is 4.98 Å². The fraction of sp³-hybridized carbons (Fsp3) is 0.182. The van der Waals surface area contributed by atoms with Crippen LogP contribution in [0.25, 0.3) is 10.9 Å². The van der Waals surface area contributed by atoms with Crippen molar-refractivity contribution in [2.24, 2.45) is 0 Å². The van der Waals surface area contributed by atoms with Gasteiger partial charge in [0.25, 0.3) is 0 Å². The lowest BCUT2D eigenvalue weighted by atomic mass is 10.1. The van der Waals surface area contributed by atoms with Gasteiger partial charge >= 0.3 is 0 Å². The molecule has 2 heterocycles. The number of para-hydroxylation sites is 1. The maximum Gasteiger partial charge on any atom is 0.136 e. The Morgan fingerprint density at radius 3 is 2.78 bits per heavy atom. The molecule has 96 valence electrons. The molecule has 1 aliphatic rings. The Balaban J connectivity index is 2.05. The molecule has 1 aliphatic heterocycles. The van der Waals surface area contributed by atoms with E-state index in [2.05, 4.69) is 8.72 Å². The molecule has 0 saturated carbocycles. The molecule has 1 unspecified atom stereocenters. The highest BCUT2D eigenvalue weighted by atomic mass is 35.7. The molecule has 0 fully saturated rings. The van der Waals surface area contributed by atoms with Crippen LogP contribution >= 0.6 is 10.8 Å². The van der Waals surface area contributed by atoms with Crippen molar-refractivity contribution < 1.29 is 28.0 Å². The predicted molar refractivity (Wildman–Crippen MR) is 60.7 cm³/mol. The minimum atomic E-state index is -4.37. The Kier molecular flexibility index (Phi) is 2.93. The van der Waals surface area contributed by atoms with Gasteiger partial charge in [-0.2, -0.15) is 14.0 Å². The number of nitrogens with one attached hydrogen (secondary N) is 1. The van der Waals surface area contributed by atoms with Gasteiger partial charge in [0, 0.05) is 33.3 Å². The molecule has 0 aliphatic carbocycles. The van der Waals surface area contributed by atoms with Crippen LogP contribution in [0.4, 0.5) is 0 Å². The summed E-state index contributed by atoms with van der Waals surface area (Å²) in [5, 5.41) is 2.74. The van der Waals surface area contributed by atoms with E-state index in [1.165, 1.54) is 0 Å². The third-order valence-electron chi connectivity index (χ3n) is 2.79. The van der Waals surface area contributed by atoms with E-state index < -0.39 is 21.0 Å². The lowest BCUT2D eigenvalue weighted by Crippen LogP contribution is -2.60. The van der Waals surface area contributed by atoms with Crippen molar-refractivity contribution >= 4 is 27.0 Å². The molecule has 2 aromatic rings. The summed E-state index contributed by atoms with van der Waals surface area (Å²) >= 11 is 0. The van der Waals surface area contributed by atoms with Gasteiger partial charge in [0.15, 0.2) is 0 Å². The number of benzene rings is 1. The topological polar surface area (TPSA) is 94.2 Å². The Labute approximate surface area is 108 Å². The van der Waals surface area contributed by atoms with Gasteiger partial charge in [-0.3, -0.25) is 0 Å². The zero-order valence-corrected chi connectivity index (χ0v) is 10.8. The highest BCUT2D eigenvalue weighted by Crippen LogP contribution is 2.31. The second-order valence-corrected chi connectivity index (χ2v) is 6.62. The van der Waals surface area contributed by atoms with Crippen LogP contribution in [0.2, 0.25) is 0 Å². The van der Waals surface area contributed by atoms with Crippen LogP contribution in [0.5, 0.6) is 0 Å². The first-order valence-corrected chi connectivity index (χ1v) is 7.89. The highest BCUT2D eigenvalue weighted by molar-refractivity contribution is 8.11. The molecular formula is C11H10ClNO4S. The largest absolute Gasteiger partial charge is 0.358 e. The molecule has 5 nitrogen and oxygen atoms in total. The summed E-state index contributed by atoms with van der Waals surface area (Å²) in [7, 11) is -5.33. The Morgan fingerprint density at radius 2 is 2.00 bits per heavy atom. The van der Waals surface area contributed by atoms with Crippen LogP contribution in [-0.4, -0.2) is 16.1 Å². The van der Waals surface area contributed by atoms with Gasteiger partial charge in [0.2, 0.25) is 0 Å². The van der Waals surface area contributed by atoms with Crippen LogP contribution in [0.15, 0.2) is 24.3 Å². The number of aromatic amines is 1. The molecule has 0 spiro atoms. The molecule has 1 N–H and O–H groups in total. The molecular weight excluding hydrogens is 278 g/mol. The molecule has 18 heavy (non-hydrogen) atoms. The standard InChI is InChI=1S/C11H10ClNO4S/c14-12(15,16)17-18-6-5-11-9(7-18)8-3-1-2-4-10(8)13-11/h1-4,7,13H,5-6H2.